The van der Waals surface area contributed by atoms with E-state index in [2.05, 4.69) is 43.5 Å². The predicted octanol–water partition coefficient (Wildman–Crippen LogP) is 7.80. The molecule has 0 radical (unpaired) electrons. The zero-order chi connectivity index (χ0) is 33.4. The van der Waals surface area contributed by atoms with E-state index < -0.39 is 38.6 Å². The van der Waals surface area contributed by atoms with Gasteiger partial charge in [-0.05, 0) is 57.8 Å². The average Bonchev–Trinajstić information content (AvgIpc) is 3.01. The third-order valence-electron chi connectivity index (χ3n) is 7.49. The van der Waals surface area contributed by atoms with Gasteiger partial charge in [0.15, 0.2) is 0 Å². The minimum absolute atomic E-state index is 0.0413. The van der Waals surface area contributed by atoms with Crippen molar-refractivity contribution < 1.29 is 33.5 Å². The molecule has 6 N–H and O–H groups in total. The standard InChI is InChI=1S/C35H67N2O7P/c1-3-5-7-9-11-13-15-17-19-21-23-25-27-34(39)33(31-44-45(41,42)43-29-28-36)37-35(40)30-32(38)26-24-22-20-18-16-14-12-10-8-6-4-2/h17-20,25,27,32-34,38-39H,3-16,21-24,26,28-31,36H2,1-2H3,(H,37,40)(H,41,42)/b19-17+,20-18-,27-25+. The maximum absolute atomic E-state index is 12.7. The summed E-state index contributed by atoms with van der Waals surface area (Å²) in [5.41, 5.74) is 5.33. The molecule has 10 heteroatoms. The highest BCUT2D eigenvalue weighted by Crippen LogP contribution is 2.43. The molecule has 0 heterocycles. The Labute approximate surface area is 274 Å². The number of phosphoric acid groups is 1. The molecule has 9 nitrogen and oxygen atoms in total. The van der Waals surface area contributed by atoms with Crippen LogP contribution >= 0.6 is 7.82 Å². The summed E-state index contributed by atoms with van der Waals surface area (Å²) in [5.74, 6) is -0.476. The van der Waals surface area contributed by atoms with E-state index in [-0.39, 0.29) is 19.6 Å². The monoisotopic (exact) mass is 658 g/mol. The number of aliphatic hydroxyl groups is 2. The second-order valence-corrected chi connectivity index (χ2v) is 13.4. The molecule has 45 heavy (non-hydrogen) atoms. The van der Waals surface area contributed by atoms with Crippen molar-refractivity contribution in [2.24, 2.45) is 5.73 Å². The Balaban J connectivity index is 4.60. The van der Waals surface area contributed by atoms with E-state index >= 15 is 0 Å². The Kier molecular flexibility index (Phi) is 30.4. The summed E-state index contributed by atoms with van der Waals surface area (Å²) < 4.78 is 21.9. The lowest BCUT2D eigenvalue weighted by Gasteiger charge is -2.24. The van der Waals surface area contributed by atoms with Crippen molar-refractivity contribution in [3.05, 3.63) is 36.5 Å². The van der Waals surface area contributed by atoms with E-state index in [1.165, 1.54) is 77.0 Å². The number of nitrogens with one attached hydrogen (secondary N) is 1. The van der Waals surface area contributed by atoms with E-state index in [4.69, 9.17) is 14.8 Å². The van der Waals surface area contributed by atoms with Crippen molar-refractivity contribution in [1.82, 2.24) is 5.32 Å². The van der Waals surface area contributed by atoms with Crippen LogP contribution in [0.5, 0.6) is 0 Å². The molecular formula is C35H67N2O7P. The SMILES string of the molecule is CCCCCCCC/C=C\CCCC(O)CC(=O)NC(COP(=O)(O)OCCN)C(O)/C=C/CC/C=C/CCCCCCCC. The van der Waals surface area contributed by atoms with Gasteiger partial charge in [-0.3, -0.25) is 13.8 Å². The first-order chi connectivity index (χ1) is 21.8. The highest BCUT2D eigenvalue weighted by Gasteiger charge is 2.27. The number of rotatable bonds is 32. The molecular weight excluding hydrogens is 591 g/mol. The topological polar surface area (TPSA) is 151 Å². The molecule has 0 aromatic rings. The van der Waals surface area contributed by atoms with Crippen LogP contribution in [0.25, 0.3) is 0 Å². The van der Waals surface area contributed by atoms with Crippen LogP contribution in [0.1, 0.15) is 142 Å². The number of carbonyl (C=O) groups excluding carboxylic acids is 1. The number of hydrogen-bond acceptors (Lipinski definition) is 7. The van der Waals surface area contributed by atoms with Crippen molar-refractivity contribution in [2.75, 3.05) is 19.8 Å². The molecule has 0 saturated carbocycles. The normalized spacial score (nSPS) is 15.6. The number of unbranched alkanes of at least 4 members (excludes halogenated alkanes) is 14. The van der Waals surface area contributed by atoms with Gasteiger partial charge >= 0.3 is 7.82 Å². The fraction of sp³-hybridized carbons (Fsp3) is 0.800. The Morgan fingerprint density at radius 3 is 1.84 bits per heavy atom. The van der Waals surface area contributed by atoms with Gasteiger partial charge in [0.05, 0.1) is 37.9 Å². The summed E-state index contributed by atoms with van der Waals surface area (Å²) in [4.78, 5) is 22.5. The molecule has 0 aliphatic heterocycles. The number of allylic oxidation sites excluding steroid dienone is 5. The van der Waals surface area contributed by atoms with Crippen LogP contribution in [0.15, 0.2) is 36.5 Å². The van der Waals surface area contributed by atoms with Crippen molar-refractivity contribution >= 4 is 13.7 Å². The van der Waals surface area contributed by atoms with Crippen LogP contribution in [-0.4, -0.2) is 59.0 Å². The van der Waals surface area contributed by atoms with Gasteiger partial charge in [0, 0.05) is 6.54 Å². The molecule has 4 unspecified atom stereocenters. The van der Waals surface area contributed by atoms with E-state index in [1.54, 1.807) is 6.08 Å². The number of aliphatic hydroxyl groups excluding tert-OH is 2. The Hall–Kier alpha value is -1.32. The molecule has 0 bridgehead atoms. The van der Waals surface area contributed by atoms with Crippen LogP contribution in [-0.2, 0) is 18.4 Å². The molecule has 0 spiro atoms. The first-order valence-corrected chi connectivity index (χ1v) is 19.2. The lowest BCUT2D eigenvalue weighted by molar-refractivity contribution is -0.124. The summed E-state index contributed by atoms with van der Waals surface area (Å²) in [5, 5.41) is 23.8. The molecule has 4 atom stereocenters. The Morgan fingerprint density at radius 2 is 1.27 bits per heavy atom. The van der Waals surface area contributed by atoms with Crippen LogP contribution in [0.3, 0.4) is 0 Å². The van der Waals surface area contributed by atoms with Gasteiger partial charge in [0.25, 0.3) is 0 Å². The quantitative estimate of drug-likeness (QED) is 0.0279. The van der Waals surface area contributed by atoms with Crippen LogP contribution in [0, 0.1) is 0 Å². The largest absolute Gasteiger partial charge is 0.472 e. The lowest BCUT2D eigenvalue weighted by Crippen LogP contribution is -2.46. The molecule has 264 valence electrons. The number of carbonyl (C=O) groups is 1. The first kappa shape index (κ1) is 43.7. The molecule has 0 rings (SSSR count). The summed E-state index contributed by atoms with van der Waals surface area (Å²) in [6.45, 7) is 3.87. The van der Waals surface area contributed by atoms with Crippen molar-refractivity contribution in [3.8, 4) is 0 Å². The van der Waals surface area contributed by atoms with E-state index in [0.29, 0.717) is 12.8 Å². The fourth-order valence-electron chi connectivity index (χ4n) is 4.78. The fourth-order valence-corrected chi connectivity index (χ4v) is 5.54. The molecule has 0 aromatic heterocycles. The first-order valence-electron chi connectivity index (χ1n) is 17.7. The van der Waals surface area contributed by atoms with Crippen LogP contribution < -0.4 is 11.1 Å². The highest BCUT2D eigenvalue weighted by molar-refractivity contribution is 7.47. The van der Waals surface area contributed by atoms with Crippen LogP contribution in [0.4, 0.5) is 0 Å². The number of nitrogens with two attached hydrogens (primary N) is 1. The van der Waals surface area contributed by atoms with Gasteiger partial charge in [-0.2, -0.15) is 0 Å². The van der Waals surface area contributed by atoms with Gasteiger partial charge < -0.3 is 26.2 Å². The minimum Gasteiger partial charge on any atom is -0.393 e. The van der Waals surface area contributed by atoms with E-state index in [9.17, 15) is 24.5 Å². The van der Waals surface area contributed by atoms with Crippen LogP contribution in [0.2, 0.25) is 0 Å². The number of hydrogen-bond donors (Lipinski definition) is 5. The van der Waals surface area contributed by atoms with Gasteiger partial charge in [0.1, 0.15) is 0 Å². The maximum Gasteiger partial charge on any atom is 0.472 e. The third-order valence-corrected chi connectivity index (χ3v) is 8.48. The smallest absolute Gasteiger partial charge is 0.393 e. The average molecular weight is 659 g/mol. The number of amides is 1. The lowest BCUT2D eigenvalue weighted by atomic mass is 10.1. The molecule has 0 aliphatic rings. The van der Waals surface area contributed by atoms with E-state index in [0.717, 1.165) is 32.1 Å². The minimum atomic E-state index is -4.40. The summed E-state index contributed by atoms with van der Waals surface area (Å²) in [6, 6.07) is -1.00. The van der Waals surface area contributed by atoms with Gasteiger partial charge in [-0.1, -0.05) is 115 Å². The second kappa shape index (κ2) is 31.3. The summed E-state index contributed by atoms with van der Waals surface area (Å²) >= 11 is 0. The summed E-state index contributed by atoms with van der Waals surface area (Å²) in [7, 11) is -4.40. The van der Waals surface area contributed by atoms with Crippen molar-refractivity contribution in [2.45, 2.75) is 161 Å². The zero-order valence-corrected chi connectivity index (χ0v) is 29.4. The third kappa shape index (κ3) is 29.8. The maximum atomic E-state index is 12.7. The van der Waals surface area contributed by atoms with Crippen molar-refractivity contribution in [1.29, 1.82) is 0 Å². The zero-order valence-electron chi connectivity index (χ0n) is 28.5. The molecule has 0 aliphatic carbocycles. The predicted molar refractivity (Wildman–Crippen MR) is 186 cm³/mol. The molecule has 1 amide bonds. The van der Waals surface area contributed by atoms with Gasteiger partial charge in [-0.25, -0.2) is 4.57 Å². The van der Waals surface area contributed by atoms with Crippen molar-refractivity contribution in [3.63, 3.8) is 0 Å². The highest BCUT2D eigenvalue weighted by atomic mass is 31.2. The molecule has 0 fully saturated rings. The van der Waals surface area contributed by atoms with E-state index in [1.807, 2.05) is 6.08 Å². The van der Waals surface area contributed by atoms with Gasteiger partial charge in [-0.15, -0.1) is 0 Å². The molecule has 0 saturated heterocycles. The Bertz CT molecular complexity index is 822. The second-order valence-electron chi connectivity index (χ2n) is 11.9. The molecule has 0 aromatic carbocycles. The number of phosphoric ester groups is 1. The van der Waals surface area contributed by atoms with Gasteiger partial charge in [0.2, 0.25) is 5.91 Å². The Morgan fingerprint density at radius 1 is 0.756 bits per heavy atom. The summed E-state index contributed by atoms with van der Waals surface area (Å²) in [6.07, 6.45) is 31.0.